The van der Waals surface area contributed by atoms with Gasteiger partial charge in [0.15, 0.2) is 6.10 Å². The molecule has 0 aliphatic carbocycles. The Morgan fingerprint density at radius 1 is 0.241 bits per heavy atom. The fraction of sp³-hybridized carbons (Fsp3) is 0.857. The smallest absolute Gasteiger partial charge is 0.306 e. The van der Waals surface area contributed by atoms with Crippen LogP contribution in [0.3, 0.4) is 0 Å². The van der Waals surface area contributed by atoms with Gasteiger partial charge in [0.1, 0.15) is 13.2 Å². The van der Waals surface area contributed by atoms with Crippen molar-refractivity contribution in [1.82, 2.24) is 0 Å². The summed E-state index contributed by atoms with van der Waals surface area (Å²) in [5.41, 5.74) is 0. The molecular weight excluding hydrogens is 1020 g/mol. The number of ether oxygens (including phenoxy) is 3. The number of hydrogen-bond acceptors (Lipinski definition) is 6. The van der Waals surface area contributed by atoms with Crippen LogP contribution in [0.25, 0.3) is 0 Å². The van der Waals surface area contributed by atoms with Gasteiger partial charge in [0.2, 0.25) is 0 Å². The minimum atomic E-state index is -0.777. The molecule has 0 radical (unpaired) electrons. The van der Waals surface area contributed by atoms with Gasteiger partial charge >= 0.3 is 17.9 Å². The van der Waals surface area contributed by atoms with Crippen LogP contribution in [0.15, 0.2) is 48.6 Å². The van der Waals surface area contributed by atoms with Gasteiger partial charge < -0.3 is 14.2 Å². The molecule has 0 rings (SSSR count). The first kappa shape index (κ1) is 80.4. The lowest BCUT2D eigenvalue weighted by molar-refractivity contribution is -0.167. The van der Waals surface area contributed by atoms with Crippen LogP contribution < -0.4 is 0 Å². The van der Waals surface area contributed by atoms with Crippen LogP contribution in [-0.4, -0.2) is 37.2 Å². The lowest BCUT2D eigenvalue weighted by Gasteiger charge is -2.18. The zero-order valence-electron chi connectivity index (χ0n) is 56.0. The Morgan fingerprint density at radius 2 is 0.434 bits per heavy atom. The number of rotatable bonds is 69. The second-order valence-corrected chi connectivity index (χ2v) is 25.2. The predicted octanol–water partition coefficient (Wildman–Crippen LogP) is 25.7. The molecule has 1 unspecified atom stereocenters. The second-order valence-electron chi connectivity index (χ2n) is 25.2. The quantitative estimate of drug-likeness (QED) is 0.0261. The van der Waals surface area contributed by atoms with Crippen LogP contribution in [0, 0.1) is 0 Å². The summed E-state index contributed by atoms with van der Waals surface area (Å²) in [6.45, 7) is 6.67. The van der Waals surface area contributed by atoms with Crippen molar-refractivity contribution in [3.8, 4) is 0 Å². The minimum absolute atomic E-state index is 0.0720. The van der Waals surface area contributed by atoms with Gasteiger partial charge in [0, 0.05) is 19.3 Å². The third kappa shape index (κ3) is 70.0. The topological polar surface area (TPSA) is 78.9 Å². The van der Waals surface area contributed by atoms with Gasteiger partial charge in [-0.1, -0.05) is 333 Å². The zero-order chi connectivity index (χ0) is 59.9. The van der Waals surface area contributed by atoms with Gasteiger partial charge in [-0.05, 0) is 103 Å². The van der Waals surface area contributed by atoms with Crippen molar-refractivity contribution in [2.75, 3.05) is 13.2 Å². The van der Waals surface area contributed by atoms with Gasteiger partial charge in [-0.2, -0.15) is 0 Å². The highest BCUT2D eigenvalue weighted by molar-refractivity contribution is 5.71. The number of allylic oxidation sites excluding steroid dienone is 8. The van der Waals surface area contributed by atoms with E-state index < -0.39 is 6.10 Å². The monoisotopic (exact) mass is 1160 g/mol. The molecule has 0 amide bonds. The summed E-state index contributed by atoms with van der Waals surface area (Å²) in [4.78, 5) is 38.4. The van der Waals surface area contributed by atoms with E-state index in [1.807, 2.05) is 0 Å². The molecule has 0 bridgehead atoms. The van der Waals surface area contributed by atoms with Crippen molar-refractivity contribution in [1.29, 1.82) is 0 Å². The summed E-state index contributed by atoms with van der Waals surface area (Å²) < 4.78 is 17.0. The molecule has 6 heteroatoms. The normalized spacial score (nSPS) is 12.3. The first-order valence-electron chi connectivity index (χ1n) is 37.1. The second kappa shape index (κ2) is 71.8. The Morgan fingerprint density at radius 3 is 0.687 bits per heavy atom. The zero-order valence-corrected chi connectivity index (χ0v) is 56.0. The number of hydrogen-bond donors (Lipinski definition) is 0. The van der Waals surface area contributed by atoms with E-state index in [1.165, 1.54) is 295 Å². The summed E-state index contributed by atoms with van der Waals surface area (Å²) in [7, 11) is 0. The number of carbonyl (C=O) groups excluding carboxylic acids is 3. The largest absolute Gasteiger partial charge is 0.462 e. The first-order chi connectivity index (χ1) is 41.0. The number of carbonyl (C=O) groups is 3. The Kier molecular flexibility index (Phi) is 69.6. The molecule has 486 valence electrons. The molecule has 0 N–H and O–H groups in total. The van der Waals surface area contributed by atoms with Crippen LogP contribution in [0.4, 0.5) is 0 Å². The van der Waals surface area contributed by atoms with E-state index in [0.29, 0.717) is 19.3 Å². The molecule has 0 saturated carbocycles. The third-order valence-electron chi connectivity index (χ3n) is 16.8. The van der Waals surface area contributed by atoms with Crippen LogP contribution >= 0.6 is 0 Å². The molecule has 0 saturated heterocycles. The maximum atomic E-state index is 13.0. The van der Waals surface area contributed by atoms with E-state index in [2.05, 4.69) is 69.4 Å². The highest BCUT2D eigenvalue weighted by Gasteiger charge is 2.19. The molecule has 0 spiro atoms. The van der Waals surface area contributed by atoms with Gasteiger partial charge in [-0.3, -0.25) is 14.4 Å². The van der Waals surface area contributed by atoms with E-state index in [4.69, 9.17) is 14.2 Å². The Hall–Kier alpha value is -2.63. The highest BCUT2D eigenvalue weighted by Crippen LogP contribution is 2.18. The summed E-state index contributed by atoms with van der Waals surface area (Å²) in [5, 5.41) is 0. The van der Waals surface area contributed by atoms with Crippen molar-refractivity contribution >= 4 is 17.9 Å². The van der Waals surface area contributed by atoms with E-state index >= 15 is 0 Å². The van der Waals surface area contributed by atoms with Gasteiger partial charge in [-0.25, -0.2) is 0 Å². The molecule has 0 fully saturated rings. The standard InChI is InChI=1S/C77H142O6/c1-4-7-10-13-16-19-22-25-27-29-31-33-34-35-36-37-38-39-40-41-42-44-45-47-49-52-55-58-61-64-67-70-76(79)82-73-74(72-81-75(78)69-66-63-60-57-54-51-24-21-18-15-12-9-6-3)83-77(80)71-68-65-62-59-56-53-50-48-46-43-32-30-28-26-23-20-17-14-11-8-5-2/h21-22,24-25,29-32,74H,4-20,23,26-28,33-73H2,1-3H3/b24-21-,25-22-,31-29-,32-30-. The summed E-state index contributed by atoms with van der Waals surface area (Å²) in [6.07, 6.45) is 91.6. The first-order valence-corrected chi connectivity index (χ1v) is 37.1. The molecule has 0 aliphatic heterocycles. The number of esters is 3. The van der Waals surface area contributed by atoms with Crippen LogP contribution in [0.1, 0.15) is 406 Å². The van der Waals surface area contributed by atoms with E-state index in [-0.39, 0.29) is 31.1 Å². The predicted molar refractivity (Wildman–Crippen MR) is 362 cm³/mol. The summed E-state index contributed by atoms with van der Waals surface area (Å²) in [6, 6.07) is 0. The van der Waals surface area contributed by atoms with Crippen molar-refractivity contribution in [2.24, 2.45) is 0 Å². The molecule has 6 nitrogen and oxygen atoms in total. The van der Waals surface area contributed by atoms with Crippen LogP contribution in [0.5, 0.6) is 0 Å². The van der Waals surface area contributed by atoms with Crippen molar-refractivity contribution in [3.63, 3.8) is 0 Å². The molecule has 0 aromatic rings. The summed E-state index contributed by atoms with van der Waals surface area (Å²) >= 11 is 0. The fourth-order valence-electron chi connectivity index (χ4n) is 11.2. The fourth-order valence-corrected chi connectivity index (χ4v) is 11.2. The lowest BCUT2D eigenvalue weighted by atomic mass is 10.0. The average molecular weight is 1160 g/mol. The van der Waals surface area contributed by atoms with Crippen molar-refractivity contribution in [3.05, 3.63) is 48.6 Å². The maximum absolute atomic E-state index is 13.0. The average Bonchev–Trinajstić information content (AvgIpc) is 3.49. The Labute approximate surface area is 518 Å². The highest BCUT2D eigenvalue weighted by atomic mass is 16.6. The minimum Gasteiger partial charge on any atom is -0.462 e. The number of unbranched alkanes of at least 4 members (excludes halogenated alkanes) is 50. The molecule has 1 atom stereocenters. The molecule has 0 aliphatic rings. The van der Waals surface area contributed by atoms with Crippen LogP contribution in [0.2, 0.25) is 0 Å². The van der Waals surface area contributed by atoms with Crippen molar-refractivity contribution < 1.29 is 28.6 Å². The molecule has 83 heavy (non-hydrogen) atoms. The Balaban J connectivity index is 4.17. The van der Waals surface area contributed by atoms with E-state index in [0.717, 1.165) is 70.6 Å². The maximum Gasteiger partial charge on any atom is 0.306 e. The molecular formula is C77H142O6. The van der Waals surface area contributed by atoms with Gasteiger partial charge in [-0.15, -0.1) is 0 Å². The molecule has 0 aromatic carbocycles. The van der Waals surface area contributed by atoms with E-state index in [9.17, 15) is 14.4 Å². The molecule has 0 heterocycles. The Bertz CT molecular complexity index is 1430. The van der Waals surface area contributed by atoms with Crippen molar-refractivity contribution in [2.45, 2.75) is 412 Å². The van der Waals surface area contributed by atoms with Crippen LogP contribution in [-0.2, 0) is 28.6 Å². The summed E-state index contributed by atoms with van der Waals surface area (Å²) in [5.74, 6) is -0.856. The third-order valence-corrected chi connectivity index (χ3v) is 16.8. The SMILES string of the molecule is CCCCCC/C=C\CCCCCCCC(=O)OCC(COC(=O)CCCCCCCCCCCCCCCCCCCCC/C=C\C/C=C\CCCCCCC)OC(=O)CCCCCCCCCCC/C=C\CCCCCCCCCC. The molecule has 0 aromatic heterocycles. The van der Waals surface area contributed by atoms with E-state index in [1.54, 1.807) is 0 Å². The van der Waals surface area contributed by atoms with Gasteiger partial charge in [0.25, 0.3) is 0 Å². The van der Waals surface area contributed by atoms with Gasteiger partial charge in [0.05, 0.1) is 0 Å². The lowest BCUT2D eigenvalue weighted by Crippen LogP contribution is -2.30.